The molecule has 1 N–H and O–H groups in total. The molecule has 0 fully saturated rings. The van der Waals surface area contributed by atoms with Gasteiger partial charge < -0.3 is 5.32 Å². The van der Waals surface area contributed by atoms with Crippen molar-refractivity contribution in [2.45, 2.75) is 23.2 Å². The Balaban J connectivity index is 1.24. The summed E-state index contributed by atoms with van der Waals surface area (Å²) in [6.45, 7) is 4.65. The highest BCUT2D eigenvalue weighted by atomic mass is 127. The zero-order valence-corrected chi connectivity index (χ0v) is 29.0. The van der Waals surface area contributed by atoms with Crippen LogP contribution in [0.4, 0.5) is 11.4 Å². The monoisotopic (exact) mass is 731 g/mol. The van der Waals surface area contributed by atoms with E-state index in [1.54, 1.807) is 0 Å². The summed E-state index contributed by atoms with van der Waals surface area (Å²) < 4.78 is 0.0441. The van der Waals surface area contributed by atoms with Gasteiger partial charge in [-0.3, -0.25) is 4.99 Å². The molecule has 48 heavy (non-hydrogen) atoms. The van der Waals surface area contributed by atoms with Gasteiger partial charge in [0.1, 0.15) is 0 Å². The smallest absolute Gasteiger partial charge is 0.0991 e. The Bertz CT molecular complexity index is 2210. The highest BCUT2D eigenvalue weighted by Gasteiger charge is 2.36. The highest BCUT2D eigenvalue weighted by molar-refractivity contribution is 14.1. The molecule has 0 saturated carbocycles. The maximum Gasteiger partial charge on any atom is 0.0991 e. The molecule has 1 atom stereocenters. The lowest BCUT2D eigenvalue weighted by Crippen LogP contribution is -2.15. The summed E-state index contributed by atoms with van der Waals surface area (Å²) in [6, 6.07) is 52.7. The molecule has 0 aromatic heterocycles. The van der Waals surface area contributed by atoms with Gasteiger partial charge in [-0.05, 0) is 87.0 Å². The largest absolute Gasteiger partial charge is 0.355 e. The summed E-state index contributed by atoms with van der Waals surface area (Å²) in [5, 5.41) is 13.2. The molecule has 6 aromatic rings. The van der Waals surface area contributed by atoms with Crippen LogP contribution in [0.1, 0.15) is 51.2 Å². The maximum absolute atomic E-state index is 9.41. The zero-order chi connectivity index (χ0) is 33.1. The third-order valence-corrected chi connectivity index (χ3v) is 10.1. The third-order valence-electron chi connectivity index (χ3n) is 9.03. The molecule has 0 bridgehead atoms. The topological polar surface area (TPSA) is 48.2 Å². The van der Waals surface area contributed by atoms with E-state index in [-0.39, 0.29) is 9.34 Å². The molecule has 7 rings (SSSR count). The first kappa shape index (κ1) is 31.4. The van der Waals surface area contributed by atoms with E-state index in [0.717, 1.165) is 33.8 Å². The van der Waals surface area contributed by atoms with Crippen LogP contribution in [-0.4, -0.2) is 6.21 Å². The minimum absolute atomic E-state index is 0.0441. The van der Waals surface area contributed by atoms with Crippen molar-refractivity contribution in [2.75, 3.05) is 5.32 Å². The fourth-order valence-corrected chi connectivity index (χ4v) is 7.27. The van der Waals surface area contributed by atoms with Crippen LogP contribution in [0.15, 0.2) is 157 Å². The van der Waals surface area contributed by atoms with E-state index in [1.165, 1.54) is 33.4 Å². The second-order valence-electron chi connectivity index (χ2n) is 12.5. The van der Waals surface area contributed by atoms with Gasteiger partial charge in [0.25, 0.3) is 0 Å². The minimum Gasteiger partial charge on any atom is -0.355 e. The number of nitrogens with zero attached hydrogens (tertiary/aromatic N) is 2. The number of alkyl halides is 1. The number of rotatable bonds is 8. The van der Waals surface area contributed by atoms with Crippen LogP contribution in [0.3, 0.4) is 0 Å². The van der Waals surface area contributed by atoms with Gasteiger partial charge in [0, 0.05) is 28.6 Å². The Morgan fingerprint density at radius 3 is 2.25 bits per heavy atom. The van der Waals surface area contributed by atoms with E-state index in [9.17, 15) is 5.26 Å². The number of benzene rings is 6. The third kappa shape index (κ3) is 6.34. The van der Waals surface area contributed by atoms with Gasteiger partial charge in [0.15, 0.2) is 0 Å². The second-order valence-corrected chi connectivity index (χ2v) is 13.9. The van der Waals surface area contributed by atoms with Crippen molar-refractivity contribution in [1.82, 2.24) is 0 Å². The number of allylic oxidation sites excluding steroid dienone is 1. The molecule has 0 saturated heterocycles. The predicted molar refractivity (Wildman–Crippen MR) is 209 cm³/mol. The first-order valence-electron chi connectivity index (χ1n) is 16.1. The van der Waals surface area contributed by atoms with Crippen molar-refractivity contribution in [3.05, 3.63) is 185 Å². The van der Waals surface area contributed by atoms with Crippen molar-refractivity contribution >= 4 is 45.9 Å². The molecule has 4 heteroatoms. The van der Waals surface area contributed by atoms with Crippen molar-refractivity contribution in [3.63, 3.8) is 0 Å². The van der Waals surface area contributed by atoms with Crippen molar-refractivity contribution in [2.24, 2.45) is 4.99 Å². The molecule has 1 unspecified atom stereocenters. The summed E-state index contributed by atoms with van der Waals surface area (Å²) >= 11 is 2.41. The average Bonchev–Trinajstić information content (AvgIpc) is 3.35. The molecule has 3 nitrogen and oxygen atoms in total. The summed E-state index contributed by atoms with van der Waals surface area (Å²) in [5.74, 6) is 0. The number of halogens is 1. The quantitative estimate of drug-likeness (QED) is 0.0963. The van der Waals surface area contributed by atoms with E-state index in [2.05, 4.69) is 163 Å². The summed E-state index contributed by atoms with van der Waals surface area (Å²) in [4.78, 5) is 5.01. The highest BCUT2D eigenvalue weighted by Crippen LogP contribution is 2.51. The Morgan fingerprint density at radius 1 is 0.729 bits per heavy atom. The summed E-state index contributed by atoms with van der Waals surface area (Å²) in [6.07, 6.45) is 4.08. The molecule has 1 aliphatic carbocycles. The minimum atomic E-state index is -0.0795. The first-order valence-corrected chi connectivity index (χ1v) is 17.3. The number of hydrogen-bond donors (Lipinski definition) is 1. The SMILES string of the molecule is CC1(C)c2ccccc2-c2cc(Nc3cccc(C=N/C(=C\C(I)c4cccc(C#N)c4)c4ccccc4)c3)c(-c3ccccc3)cc21. The van der Waals surface area contributed by atoms with E-state index in [1.807, 2.05) is 42.6 Å². The molecule has 0 spiro atoms. The van der Waals surface area contributed by atoms with Crippen molar-refractivity contribution in [3.8, 4) is 28.3 Å². The molecule has 0 aliphatic heterocycles. The number of hydrogen-bond acceptors (Lipinski definition) is 3. The van der Waals surface area contributed by atoms with Crippen LogP contribution in [0.2, 0.25) is 0 Å². The average molecular weight is 732 g/mol. The number of aliphatic imine (C=N–C) groups is 1. The van der Waals surface area contributed by atoms with Crippen LogP contribution in [0.25, 0.3) is 28.0 Å². The van der Waals surface area contributed by atoms with Gasteiger partial charge in [-0.15, -0.1) is 0 Å². The maximum atomic E-state index is 9.41. The summed E-state index contributed by atoms with van der Waals surface area (Å²) in [7, 11) is 0. The Kier molecular flexibility index (Phi) is 8.80. The predicted octanol–water partition coefficient (Wildman–Crippen LogP) is 11.9. The first-order chi connectivity index (χ1) is 23.4. The van der Waals surface area contributed by atoms with Crippen LogP contribution in [-0.2, 0) is 5.41 Å². The Morgan fingerprint density at radius 2 is 1.46 bits per heavy atom. The van der Waals surface area contributed by atoms with Crippen LogP contribution >= 0.6 is 22.6 Å². The van der Waals surface area contributed by atoms with Crippen molar-refractivity contribution < 1.29 is 0 Å². The Labute approximate surface area is 296 Å². The molecular weight excluding hydrogens is 697 g/mol. The van der Waals surface area contributed by atoms with Gasteiger partial charge in [-0.2, -0.15) is 5.26 Å². The van der Waals surface area contributed by atoms with Gasteiger partial charge >= 0.3 is 0 Å². The Hall–Kier alpha value is -5.25. The number of fused-ring (bicyclic) bond motifs is 3. The molecule has 0 amide bonds. The van der Waals surface area contributed by atoms with E-state index < -0.39 is 0 Å². The van der Waals surface area contributed by atoms with Gasteiger partial charge in [0.2, 0.25) is 0 Å². The second kappa shape index (κ2) is 13.5. The lowest BCUT2D eigenvalue weighted by molar-refractivity contribution is 0.660. The molecule has 1 aliphatic rings. The standard InChI is InChI=1S/C44H34IN3/c1-44(2)39-22-10-9-21-36(39)38-26-43(37(25-40(38)44)32-15-5-3-6-16-32)48-35-20-12-14-31(24-35)29-47-42(33-17-7-4-8-18-33)27-41(45)34-19-11-13-30(23-34)28-46/h3-27,29,41,48H,1-2H3/b42-27-,47-29?. The van der Waals surface area contributed by atoms with Gasteiger partial charge in [-0.1, -0.05) is 146 Å². The van der Waals surface area contributed by atoms with Gasteiger partial charge in [-0.25, -0.2) is 0 Å². The molecule has 6 aromatic carbocycles. The van der Waals surface area contributed by atoms with Crippen LogP contribution in [0, 0.1) is 11.3 Å². The van der Waals surface area contributed by atoms with E-state index in [4.69, 9.17) is 4.99 Å². The van der Waals surface area contributed by atoms with Crippen LogP contribution < -0.4 is 5.32 Å². The number of nitrogens with one attached hydrogen (secondary N) is 1. The summed E-state index contributed by atoms with van der Waals surface area (Å²) in [5.41, 5.74) is 14.3. The fourth-order valence-electron chi connectivity index (χ4n) is 6.54. The molecular formula is C44H34IN3. The van der Waals surface area contributed by atoms with Crippen molar-refractivity contribution in [1.29, 1.82) is 5.26 Å². The lowest BCUT2D eigenvalue weighted by Gasteiger charge is -2.23. The normalized spacial score (nSPS) is 13.8. The zero-order valence-electron chi connectivity index (χ0n) is 26.9. The molecule has 0 heterocycles. The lowest BCUT2D eigenvalue weighted by atomic mass is 9.81. The fraction of sp³-hybridized carbons (Fsp3) is 0.0909. The van der Waals surface area contributed by atoms with E-state index in [0.29, 0.717) is 5.56 Å². The molecule has 0 radical (unpaired) electrons. The number of nitriles is 1. The molecule has 232 valence electrons. The van der Waals surface area contributed by atoms with Gasteiger partial charge in [0.05, 0.1) is 21.3 Å². The van der Waals surface area contributed by atoms with E-state index >= 15 is 0 Å². The van der Waals surface area contributed by atoms with Crippen LogP contribution in [0.5, 0.6) is 0 Å². The number of anilines is 2.